The van der Waals surface area contributed by atoms with Crippen LogP contribution in [0.25, 0.3) is 22.3 Å². The molecule has 0 aromatic heterocycles. The normalized spacial score (nSPS) is 10.7. The molecule has 0 amide bonds. The number of carbonyl (C=O) groups is 1. The lowest BCUT2D eigenvalue weighted by Gasteiger charge is -2.19. The first-order valence-electron chi connectivity index (χ1n) is 8.94. The Hall–Kier alpha value is -2.72. The highest BCUT2D eigenvalue weighted by atomic mass is 32.1. The second kappa shape index (κ2) is 8.98. The molecule has 0 aliphatic rings. The van der Waals surface area contributed by atoms with Crippen LogP contribution in [0.5, 0.6) is 5.75 Å². The van der Waals surface area contributed by atoms with Gasteiger partial charge in [0.1, 0.15) is 11.4 Å². The van der Waals surface area contributed by atoms with Gasteiger partial charge in [0.2, 0.25) is 0 Å². The monoisotopic (exact) mass is 394 g/mol. The SMILES string of the molecule is COc1ccc(-c2ccccc2)c(-c2ccc(C(=O)OC(C)(C)C)cc2)c1.S. The Bertz CT molecular complexity index is 926. The Balaban J connectivity index is 0.00000280. The number of methoxy groups -OCH3 is 1. The molecule has 3 nitrogen and oxygen atoms in total. The van der Waals surface area contributed by atoms with E-state index in [1.54, 1.807) is 19.2 Å². The molecule has 0 spiro atoms. The summed E-state index contributed by atoms with van der Waals surface area (Å²) in [6.07, 6.45) is 0. The molecule has 0 fully saturated rings. The number of rotatable bonds is 4. The Morgan fingerprint density at radius 1 is 0.786 bits per heavy atom. The Morgan fingerprint density at radius 2 is 1.39 bits per heavy atom. The van der Waals surface area contributed by atoms with Gasteiger partial charge in [-0.2, -0.15) is 13.5 Å². The van der Waals surface area contributed by atoms with Crippen molar-refractivity contribution in [2.75, 3.05) is 7.11 Å². The van der Waals surface area contributed by atoms with Crippen molar-refractivity contribution in [1.82, 2.24) is 0 Å². The predicted molar refractivity (Wildman–Crippen MR) is 119 cm³/mol. The van der Waals surface area contributed by atoms with Crippen LogP contribution in [0.3, 0.4) is 0 Å². The molecule has 0 unspecified atom stereocenters. The molecule has 0 atom stereocenters. The van der Waals surface area contributed by atoms with Gasteiger partial charge in [-0.3, -0.25) is 0 Å². The van der Waals surface area contributed by atoms with Gasteiger partial charge in [-0.1, -0.05) is 48.5 Å². The van der Waals surface area contributed by atoms with Crippen molar-refractivity contribution in [2.24, 2.45) is 0 Å². The lowest BCUT2D eigenvalue weighted by Crippen LogP contribution is -2.23. The summed E-state index contributed by atoms with van der Waals surface area (Å²) in [5.74, 6) is 0.476. The van der Waals surface area contributed by atoms with Gasteiger partial charge in [0.15, 0.2) is 0 Å². The van der Waals surface area contributed by atoms with Crippen molar-refractivity contribution in [3.05, 3.63) is 78.4 Å². The number of carbonyl (C=O) groups excluding carboxylic acids is 1. The van der Waals surface area contributed by atoms with E-state index < -0.39 is 5.60 Å². The number of hydrogen-bond donors (Lipinski definition) is 0. The third kappa shape index (κ3) is 5.17. The summed E-state index contributed by atoms with van der Waals surface area (Å²) in [7, 11) is 1.66. The van der Waals surface area contributed by atoms with Crippen molar-refractivity contribution >= 4 is 19.5 Å². The molecule has 3 aromatic carbocycles. The molecule has 0 heterocycles. The van der Waals surface area contributed by atoms with Crippen LogP contribution in [0.2, 0.25) is 0 Å². The van der Waals surface area contributed by atoms with E-state index in [1.807, 2.05) is 63.2 Å². The maximum atomic E-state index is 12.3. The molecule has 146 valence electrons. The van der Waals surface area contributed by atoms with Gasteiger partial charge in [-0.05, 0) is 67.3 Å². The zero-order valence-corrected chi connectivity index (χ0v) is 17.7. The van der Waals surface area contributed by atoms with Gasteiger partial charge in [0.25, 0.3) is 0 Å². The lowest BCUT2D eigenvalue weighted by atomic mass is 9.94. The van der Waals surface area contributed by atoms with E-state index in [1.165, 1.54) is 0 Å². The zero-order valence-electron chi connectivity index (χ0n) is 16.7. The Labute approximate surface area is 173 Å². The molecular formula is C24H26O3S. The van der Waals surface area contributed by atoms with Gasteiger partial charge in [0.05, 0.1) is 12.7 Å². The van der Waals surface area contributed by atoms with Crippen molar-refractivity contribution in [3.8, 4) is 28.0 Å². The smallest absolute Gasteiger partial charge is 0.338 e. The Morgan fingerprint density at radius 3 is 1.96 bits per heavy atom. The van der Waals surface area contributed by atoms with Crippen molar-refractivity contribution < 1.29 is 14.3 Å². The predicted octanol–water partition coefficient (Wildman–Crippen LogP) is 6.10. The molecule has 0 aliphatic carbocycles. The summed E-state index contributed by atoms with van der Waals surface area (Å²) in [6.45, 7) is 5.59. The molecule has 3 rings (SSSR count). The van der Waals surface area contributed by atoms with E-state index in [0.29, 0.717) is 5.56 Å². The molecule has 0 saturated heterocycles. The first-order valence-corrected chi connectivity index (χ1v) is 8.94. The second-order valence-electron chi connectivity index (χ2n) is 7.36. The van der Waals surface area contributed by atoms with E-state index in [2.05, 4.69) is 18.2 Å². The van der Waals surface area contributed by atoms with Crippen LogP contribution in [-0.4, -0.2) is 18.7 Å². The topological polar surface area (TPSA) is 35.5 Å². The summed E-state index contributed by atoms with van der Waals surface area (Å²) in [6, 6.07) is 23.8. The van der Waals surface area contributed by atoms with Crippen LogP contribution < -0.4 is 4.74 Å². The second-order valence-corrected chi connectivity index (χ2v) is 7.36. The highest BCUT2D eigenvalue weighted by Gasteiger charge is 2.18. The van der Waals surface area contributed by atoms with E-state index >= 15 is 0 Å². The summed E-state index contributed by atoms with van der Waals surface area (Å²) in [5, 5.41) is 0. The molecule has 0 aliphatic heterocycles. The van der Waals surface area contributed by atoms with Gasteiger partial charge in [-0.25, -0.2) is 4.79 Å². The van der Waals surface area contributed by atoms with E-state index in [4.69, 9.17) is 9.47 Å². The van der Waals surface area contributed by atoms with Crippen molar-refractivity contribution in [3.63, 3.8) is 0 Å². The summed E-state index contributed by atoms with van der Waals surface area (Å²) in [5.41, 5.74) is 4.34. The standard InChI is InChI=1S/C24H24O3.H2S/c1-24(2,3)27-23(25)19-12-10-18(11-13-19)22-16-20(26-4)14-15-21(22)17-8-6-5-7-9-17;/h5-16H,1-4H3;1H2. The molecule has 0 bridgehead atoms. The number of ether oxygens (including phenoxy) is 2. The lowest BCUT2D eigenvalue weighted by molar-refractivity contribution is 0.00695. The number of esters is 1. The quantitative estimate of drug-likeness (QED) is 0.502. The largest absolute Gasteiger partial charge is 0.497 e. The number of benzene rings is 3. The van der Waals surface area contributed by atoms with Crippen LogP contribution >= 0.6 is 13.5 Å². The van der Waals surface area contributed by atoms with Crippen molar-refractivity contribution in [2.45, 2.75) is 26.4 Å². The molecule has 28 heavy (non-hydrogen) atoms. The van der Waals surface area contributed by atoms with Gasteiger partial charge >= 0.3 is 5.97 Å². The van der Waals surface area contributed by atoms with E-state index in [9.17, 15) is 4.79 Å². The summed E-state index contributed by atoms with van der Waals surface area (Å²) in [4.78, 5) is 12.3. The number of hydrogen-bond acceptors (Lipinski definition) is 3. The third-order valence-electron chi connectivity index (χ3n) is 4.14. The van der Waals surface area contributed by atoms with E-state index in [0.717, 1.165) is 28.0 Å². The minimum atomic E-state index is -0.511. The highest BCUT2D eigenvalue weighted by molar-refractivity contribution is 7.59. The van der Waals surface area contributed by atoms with Crippen LogP contribution in [-0.2, 0) is 4.74 Å². The fourth-order valence-corrected chi connectivity index (χ4v) is 2.88. The summed E-state index contributed by atoms with van der Waals surface area (Å²) < 4.78 is 10.8. The van der Waals surface area contributed by atoms with Crippen LogP contribution in [0.1, 0.15) is 31.1 Å². The van der Waals surface area contributed by atoms with Crippen LogP contribution in [0, 0.1) is 0 Å². The molecule has 3 aromatic rings. The first-order chi connectivity index (χ1) is 12.9. The minimum Gasteiger partial charge on any atom is -0.497 e. The zero-order chi connectivity index (χ0) is 19.4. The molecular weight excluding hydrogens is 368 g/mol. The first kappa shape index (κ1) is 21.6. The van der Waals surface area contributed by atoms with Crippen LogP contribution in [0.4, 0.5) is 0 Å². The maximum Gasteiger partial charge on any atom is 0.338 e. The van der Waals surface area contributed by atoms with Crippen molar-refractivity contribution in [1.29, 1.82) is 0 Å². The third-order valence-corrected chi connectivity index (χ3v) is 4.14. The maximum absolute atomic E-state index is 12.3. The minimum absolute atomic E-state index is 0. The molecule has 0 N–H and O–H groups in total. The summed E-state index contributed by atoms with van der Waals surface area (Å²) >= 11 is 0. The fourth-order valence-electron chi connectivity index (χ4n) is 2.88. The molecule has 0 radical (unpaired) electrons. The average Bonchev–Trinajstić information content (AvgIpc) is 2.67. The van der Waals surface area contributed by atoms with Gasteiger partial charge in [-0.15, -0.1) is 0 Å². The van der Waals surface area contributed by atoms with Gasteiger partial charge in [0, 0.05) is 0 Å². The average molecular weight is 395 g/mol. The fraction of sp³-hybridized carbons (Fsp3) is 0.208. The molecule has 0 saturated carbocycles. The highest BCUT2D eigenvalue weighted by Crippen LogP contribution is 2.35. The van der Waals surface area contributed by atoms with Gasteiger partial charge < -0.3 is 9.47 Å². The van der Waals surface area contributed by atoms with Crippen LogP contribution in [0.15, 0.2) is 72.8 Å². The van der Waals surface area contributed by atoms with E-state index in [-0.39, 0.29) is 19.5 Å². The molecule has 4 heteroatoms. The Kier molecular flexibility index (Phi) is 6.92.